The fourth-order valence-corrected chi connectivity index (χ4v) is 4.61. The number of hydrogen-bond donors (Lipinski definition) is 1. The van der Waals surface area contributed by atoms with Crippen LogP contribution in [0, 0.1) is 0 Å². The van der Waals surface area contributed by atoms with Gasteiger partial charge >= 0.3 is 11.9 Å². The number of unbranched alkanes of at least 4 members (excludes halogenated alkanes) is 5. The number of anilines is 1. The minimum atomic E-state index is -0.498. The Morgan fingerprint density at radius 2 is 1.10 bits per heavy atom. The molecule has 0 radical (unpaired) electrons. The Hall–Kier alpha value is -4.62. The maximum Gasteiger partial charge on any atom is 0.343 e. The van der Waals surface area contributed by atoms with Gasteiger partial charge in [-0.3, -0.25) is 0 Å². The summed E-state index contributed by atoms with van der Waals surface area (Å²) < 4.78 is 28.3. The lowest BCUT2D eigenvalue weighted by Crippen LogP contribution is -2.35. The fourth-order valence-electron chi connectivity index (χ4n) is 4.55. The summed E-state index contributed by atoms with van der Waals surface area (Å²) in [6.45, 7) is 4.07. The van der Waals surface area contributed by atoms with Crippen molar-refractivity contribution in [3.63, 3.8) is 0 Å². The van der Waals surface area contributed by atoms with Gasteiger partial charge in [-0.15, -0.1) is 4.33 Å². The number of carbonyl (C=O) groups is 2. The van der Waals surface area contributed by atoms with Gasteiger partial charge in [0.2, 0.25) is 0 Å². The summed E-state index contributed by atoms with van der Waals surface area (Å²) in [5.41, 5.74) is 1.95. The summed E-state index contributed by atoms with van der Waals surface area (Å²) in [4.78, 5) is 31.2. The molecule has 0 aliphatic carbocycles. The van der Waals surface area contributed by atoms with Gasteiger partial charge in [0.25, 0.3) is 0 Å². The smallest absolute Gasteiger partial charge is 0.343 e. The molecule has 0 aliphatic rings. The van der Waals surface area contributed by atoms with Crippen molar-refractivity contribution in [2.45, 2.75) is 52.0 Å². The zero-order chi connectivity index (χ0) is 36.0. The first-order valence-corrected chi connectivity index (χ1v) is 16.9. The van der Waals surface area contributed by atoms with Crippen molar-refractivity contribution in [2.75, 3.05) is 39.3 Å². The summed E-state index contributed by atoms with van der Waals surface area (Å²) in [7, 11) is 5.33. The number of aromatic nitrogens is 1. The molecule has 4 aromatic rings. The number of pyridine rings is 1. The maximum atomic E-state index is 12.6. The monoisotopic (exact) mass is 707 g/mol. The first kappa shape index (κ1) is 39.8. The standard InChI is InChI=1S/C37H43N2O6.CH4O3S/c1-4-5-6-7-8-9-27-42-32-14-10-29(11-15-32)36(40)44-34-18-20-35(21-19-34)45-37(41)30-12-16-33(17-13-30)43-28-26-39-24-22-31(23-25-39)38(2)3;1-2-3-4-5/h10-25H,4-9,26-28H2,1-3H3;5H,1H3/q+1;. The van der Waals surface area contributed by atoms with Crippen molar-refractivity contribution >= 4 is 30.5 Å². The summed E-state index contributed by atoms with van der Waals surface area (Å²) in [5.74, 6) is 1.10. The van der Waals surface area contributed by atoms with Gasteiger partial charge in [-0.05, 0) is 79.2 Å². The Balaban J connectivity index is 0.00000126. The van der Waals surface area contributed by atoms with E-state index in [0.717, 1.165) is 17.9 Å². The van der Waals surface area contributed by atoms with Crippen LogP contribution < -0.4 is 28.4 Å². The van der Waals surface area contributed by atoms with E-state index in [1.165, 1.54) is 39.2 Å². The molecule has 0 aliphatic heterocycles. The SMILES string of the molecule is CCCCCCCCOc1ccc(C(=O)Oc2ccc(OC(=O)c3ccc(OCC[n+]4ccc(N(C)C)cc4)cc3)cc2)cc1.COOOS. The lowest BCUT2D eigenvalue weighted by Gasteiger charge is -2.10. The van der Waals surface area contributed by atoms with E-state index in [-0.39, 0.29) is 0 Å². The molecule has 0 saturated carbocycles. The molecule has 0 saturated heterocycles. The Bertz CT molecular complexity index is 1530. The predicted octanol–water partition coefficient (Wildman–Crippen LogP) is 7.64. The number of rotatable bonds is 19. The van der Waals surface area contributed by atoms with Crippen LogP contribution in [-0.4, -0.2) is 46.4 Å². The van der Waals surface area contributed by atoms with Crippen LogP contribution in [0.5, 0.6) is 23.0 Å². The van der Waals surface area contributed by atoms with Gasteiger partial charge in [-0.25, -0.2) is 19.0 Å². The van der Waals surface area contributed by atoms with Gasteiger partial charge in [0.1, 0.15) is 29.6 Å². The van der Waals surface area contributed by atoms with Gasteiger partial charge in [0, 0.05) is 44.8 Å². The third kappa shape index (κ3) is 14.9. The first-order valence-electron chi connectivity index (χ1n) is 16.5. The highest BCUT2D eigenvalue weighted by Gasteiger charge is 2.12. The largest absolute Gasteiger partial charge is 0.494 e. The molecule has 0 amide bonds. The second-order valence-corrected chi connectivity index (χ2v) is 11.4. The highest BCUT2D eigenvalue weighted by Crippen LogP contribution is 2.22. The molecule has 3 aromatic carbocycles. The van der Waals surface area contributed by atoms with Crippen LogP contribution in [0.3, 0.4) is 0 Å². The average molecular weight is 708 g/mol. The molecule has 268 valence electrons. The van der Waals surface area contributed by atoms with Gasteiger partial charge in [-0.2, -0.15) is 0 Å². The molecule has 0 fully saturated rings. The third-order valence-corrected chi connectivity index (χ3v) is 7.36. The van der Waals surface area contributed by atoms with Crippen LogP contribution in [-0.2, 0) is 20.8 Å². The molecule has 0 atom stereocenters. The lowest BCUT2D eigenvalue weighted by molar-refractivity contribution is -0.697. The quantitative estimate of drug-likeness (QED) is 0.0153. The molecule has 1 aromatic heterocycles. The van der Waals surface area contributed by atoms with E-state index in [0.29, 0.717) is 48.1 Å². The highest BCUT2D eigenvalue weighted by molar-refractivity contribution is 7.74. The number of hydrogen-bond acceptors (Lipinski definition) is 11. The zero-order valence-corrected chi connectivity index (χ0v) is 30.0. The molecule has 50 heavy (non-hydrogen) atoms. The van der Waals surface area contributed by atoms with Crippen molar-refractivity contribution in [1.29, 1.82) is 0 Å². The van der Waals surface area contributed by atoms with E-state index in [2.05, 4.69) is 43.6 Å². The van der Waals surface area contributed by atoms with Gasteiger partial charge in [-0.1, -0.05) is 44.1 Å². The van der Waals surface area contributed by atoms with Crippen LogP contribution in [0.1, 0.15) is 66.2 Å². The van der Waals surface area contributed by atoms with Crippen LogP contribution in [0.4, 0.5) is 5.69 Å². The van der Waals surface area contributed by atoms with Gasteiger partial charge < -0.3 is 23.8 Å². The number of benzene rings is 3. The molecular formula is C38H47N2O9S+. The number of esters is 2. The minimum Gasteiger partial charge on any atom is -0.494 e. The molecule has 0 bridgehead atoms. The molecule has 0 unspecified atom stereocenters. The molecule has 4 rings (SSSR count). The topological polar surface area (TPSA) is 106 Å². The van der Waals surface area contributed by atoms with Gasteiger partial charge in [0.05, 0.1) is 24.8 Å². The summed E-state index contributed by atoms with van der Waals surface area (Å²) in [6, 6.07) is 24.2. The molecule has 12 heteroatoms. The minimum absolute atomic E-state index is 0.337. The van der Waals surface area contributed by atoms with E-state index in [9.17, 15) is 9.59 Å². The number of ether oxygens (including phenoxy) is 4. The summed E-state index contributed by atoms with van der Waals surface area (Å²) in [5, 5.41) is 3.70. The van der Waals surface area contributed by atoms with Crippen LogP contribution in [0.15, 0.2) is 97.3 Å². The molecule has 0 spiro atoms. The van der Waals surface area contributed by atoms with E-state index >= 15 is 0 Å². The third-order valence-electron chi connectivity index (χ3n) is 7.30. The van der Waals surface area contributed by atoms with Crippen molar-refractivity contribution in [1.82, 2.24) is 0 Å². The Labute approximate surface area is 300 Å². The Morgan fingerprint density at radius 1 is 0.640 bits per heavy atom. The fraction of sp³-hybridized carbons (Fsp3) is 0.342. The van der Waals surface area contributed by atoms with Crippen molar-refractivity contribution < 1.29 is 47.4 Å². The zero-order valence-electron chi connectivity index (χ0n) is 29.1. The predicted molar refractivity (Wildman–Crippen MR) is 193 cm³/mol. The second kappa shape index (κ2) is 22.9. The molecule has 11 nitrogen and oxygen atoms in total. The summed E-state index contributed by atoms with van der Waals surface area (Å²) in [6.07, 6.45) is 11.3. The van der Waals surface area contributed by atoms with Crippen molar-refractivity contribution in [3.8, 4) is 23.0 Å². The van der Waals surface area contributed by atoms with E-state index in [1.54, 1.807) is 72.8 Å². The van der Waals surface area contributed by atoms with Gasteiger partial charge in [0.15, 0.2) is 18.9 Å². The molecule has 1 heterocycles. The van der Waals surface area contributed by atoms with Crippen molar-refractivity contribution in [2.24, 2.45) is 0 Å². The van der Waals surface area contributed by atoms with Crippen molar-refractivity contribution in [3.05, 3.63) is 108 Å². The lowest BCUT2D eigenvalue weighted by atomic mass is 10.1. The first-order chi connectivity index (χ1) is 24.3. The van der Waals surface area contributed by atoms with E-state index < -0.39 is 11.9 Å². The van der Waals surface area contributed by atoms with Crippen LogP contribution in [0.2, 0.25) is 0 Å². The van der Waals surface area contributed by atoms with E-state index in [1.807, 2.05) is 38.6 Å². The summed E-state index contributed by atoms with van der Waals surface area (Å²) >= 11 is 3.15. The average Bonchev–Trinajstić information content (AvgIpc) is 3.13. The molecule has 0 N–H and O–H groups in total. The normalized spacial score (nSPS) is 10.4. The number of thiol groups is 1. The number of nitrogens with zero attached hydrogens (tertiary/aromatic N) is 2. The second-order valence-electron chi connectivity index (χ2n) is 11.3. The van der Waals surface area contributed by atoms with E-state index in [4.69, 9.17) is 18.9 Å². The van der Waals surface area contributed by atoms with Crippen LogP contribution >= 0.6 is 12.9 Å². The maximum absolute atomic E-state index is 12.6. The van der Waals surface area contributed by atoms with Crippen LogP contribution in [0.25, 0.3) is 0 Å². The Kier molecular flexibility index (Phi) is 18.2. The highest BCUT2D eigenvalue weighted by atomic mass is 32.1. The molecular weight excluding hydrogens is 660 g/mol. The number of carbonyl (C=O) groups excluding carboxylic acids is 2. The Morgan fingerprint density at radius 3 is 1.54 bits per heavy atom.